The summed E-state index contributed by atoms with van der Waals surface area (Å²) in [5.41, 5.74) is 0. The van der Waals surface area contributed by atoms with E-state index < -0.39 is 0 Å². The summed E-state index contributed by atoms with van der Waals surface area (Å²) < 4.78 is 26.9. The van der Waals surface area contributed by atoms with Crippen molar-refractivity contribution in [1.82, 2.24) is 0 Å². The van der Waals surface area contributed by atoms with E-state index in [1.807, 2.05) is 0 Å². The molecule has 2 saturated heterocycles. The Labute approximate surface area is 83.2 Å². The van der Waals surface area contributed by atoms with Gasteiger partial charge in [0.1, 0.15) is 24.4 Å². The molecule has 2 fully saturated rings. The van der Waals surface area contributed by atoms with Crippen molar-refractivity contribution in [3.63, 3.8) is 0 Å². The molecule has 0 aromatic carbocycles. The van der Waals surface area contributed by atoms with E-state index in [1.54, 1.807) is 21.3 Å². The summed E-state index contributed by atoms with van der Waals surface area (Å²) in [5, 5.41) is 0. The fourth-order valence-electron chi connectivity index (χ4n) is 2.08. The molecule has 0 bridgehead atoms. The Morgan fingerprint density at radius 3 is 2.36 bits per heavy atom. The first kappa shape index (κ1) is 10.3. The summed E-state index contributed by atoms with van der Waals surface area (Å²) >= 11 is 0. The predicted molar refractivity (Wildman–Crippen MR) is 47.0 cm³/mol. The van der Waals surface area contributed by atoms with Crippen LogP contribution in [0.25, 0.3) is 0 Å². The molecule has 2 aliphatic heterocycles. The van der Waals surface area contributed by atoms with Gasteiger partial charge in [-0.3, -0.25) is 0 Å². The molecule has 2 rings (SSSR count). The highest BCUT2D eigenvalue weighted by Gasteiger charge is 2.53. The molecule has 0 spiro atoms. The van der Waals surface area contributed by atoms with Crippen molar-refractivity contribution in [3.8, 4) is 0 Å². The molecule has 0 amide bonds. The van der Waals surface area contributed by atoms with Crippen molar-refractivity contribution in [2.75, 3.05) is 27.9 Å². The molecule has 0 N–H and O–H groups in total. The van der Waals surface area contributed by atoms with Gasteiger partial charge >= 0.3 is 0 Å². The van der Waals surface area contributed by atoms with Crippen molar-refractivity contribution < 1.29 is 23.7 Å². The molecule has 0 saturated carbocycles. The van der Waals surface area contributed by atoms with Crippen LogP contribution in [-0.2, 0) is 23.7 Å². The zero-order valence-electron chi connectivity index (χ0n) is 8.64. The van der Waals surface area contributed by atoms with Gasteiger partial charge in [-0.25, -0.2) is 0 Å². The van der Waals surface area contributed by atoms with Crippen LogP contribution in [0.15, 0.2) is 0 Å². The van der Waals surface area contributed by atoms with Gasteiger partial charge in [-0.1, -0.05) is 0 Å². The van der Waals surface area contributed by atoms with Crippen LogP contribution in [-0.4, -0.2) is 58.6 Å². The van der Waals surface area contributed by atoms with Gasteiger partial charge in [0.15, 0.2) is 6.29 Å². The van der Waals surface area contributed by atoms with E-state index in [1.165, 1.54) is 0 Å². The van der Waals surface area contributed by atoms with E-state index in [0.717, 1.165) is 0 Å². The second-order valence-electron chi connectivity index (χ2n) is 3.48. The van der Waals surface area contributed by atoms with Crippen LogP contribution in [0.4, 0.5) is 0 Å². The molecule has 2 aliphatic rings. The monoisotopic (exact) mass is 204 g/mol. The van der Waals surface area contributed by atoms with Crippen LogP contribution in [0.3, 0.4) is 0 Å². The SMILES string of the molecule is CO[C@H]1O[C@H]2[C@H](OC[C@H]2OC)[C@H]1OC. The zero-order valence-corrected chi connectivity index (χ0v) is 8.64. The molecule has 5 atom stereocenters. The first-order chi connectivity index (χ1) is 6.81. The smallest absolute Gasteiger partial charge is 0.186 e. The van der Waals surface area contributed by atoms with Crippen molar-refractivity contribution in [1.29, 1.82) is 0 Å². The fraction of sp³-hybridized carbons (Fsp3) is 1.00. The van der Waals surface area contributed by atoms with Crippen LogP contribution < -0.4 is 0 Å². The highest BCUT2D eigenvalue weighted by atomic mass is 16.7. The largest absolute Gasteiger partial charge is 0.376 e. The van der Waals surface area contributed by atoms with E-state index in [0.29, 0.717) is 6.61 Å². The minimum absolute atomic E-state index is 0.0159. The average molecular weight is 204 g/mol. The molecule has 14 heavy (non-hydrogen) atoms. The maximum atomic E-state index is 5.64. The number of hydrogen-bond donors (Lipinski definition) is 0. The third kappa shape index (κ3) is 1.45. The van der Waals surface area contributed by atoms with Crippen LogP contribution >= 0.6 is 0 Å². The molecule has 0 radical (unpaired) electrons. The number of hydrogen-bond acceptors (Lipinski definition) is 5. The van der Waals surface area contributed by atoms with Gasteiger partial charge in [0.05, 0.1) is 6.61 Å². The number of ether oxygens (including phenoxy) is 5. The molecule has 2 heterocycles. The molecule has 0 aromatic heterocycles. The molecule has 5 heteroatoms. The van der Waals surface area contributed by atoms with Gasteiger partial charge in [0.2, 0.25) is 0 Å². The Morgan fingerprint density at radius 1 is 1.00 bits per heavy atom. The maximum Gasteiger partial charge on any atom is 0.186 e. The average Bonchev–Trinajstić information content (AvgIpc) is 2.73. The highest BCUT2D eigenvalue weighted by Crippen LogP contribution is 2.34. The minimum atomic E-state index is -0.354. The zero-order chi connectivity index (χ0) is 10.1. The summed E-state index contributed by atoms with van der Waals surface area (Å²) in [6, 6.07) is 0. The Hall–Kier alpha value is -0.200. The molecule has 0 unspecified atom stereocenters. The maximum absolute atomic E-state index is 5.64. The topological polar surface area (TPSA) is 46.2 Å². The normalized spacial score (nSPS) is 46.9. The van der Waals surface area contributed by atoms with Gasteiger partial charge in [-0.05, 0) is 0 Å². The molecule has 0 aromatic rings. The summed E-state index contributed by atoms with van der Waals surface area (Å²) in [5.74, 6) is 0. The van der Waals surface area contributed by atoms with Crippen LogP contribution in [0, 0.1) is 0 Å². The molecular formula is C9H16O5. The van der Waals surface area contributed by atoms with Crippen LogP contribution in [0.5, 0.6) is 0 Å². The van der Waals surface area contributed by atoms with Crippen molar-refractivity contribution in [2.45, 2.75) is 30.7 Å². The first-order valence-corrected chi connectivity index (χ1v) is 4.67. The minimum Gasteiger partial charge on any atom is -0.376 e. The third-order valence-electron chi connectivity index (χ3n) is 2.83. The summed E-state index contributed by atoms with van der Waals surface area (Å²) in [7, 11) is 4.88. The predicted octanol–water partition coefficient (Wildman–Crippen LogP) is -0.214. The van der Waals surface area contributed by atoms with E-state index >= 15 is 0 Å². The standard InChI is InChI=1S/C9H16O5/c1-10-5-4-13-7-6(5)14-9(12-3)8(7)11-2/h5-9H,4H2,1-3H3/t5-,6-,7+,8-,9+/m1/s1. The second-order valence-corrected chi connectivity index (χ2v) is 3.48. The summed E-state index contributed by atoms with van der Waals surface area (Å²) in [6.07, 6.45) is -0.680. The second kappa shape index (κ2) is 4.12. The quantitative estimate of drug-likeness (QED) is 0.636. The summed E-state index contributed by atoms with van der Waals surface area (Å²) in [4.78, 5) is 0. The lowest BCUT2D eigenvalue weighted by atomic mass is 10.1. The van der Waals surface area contributed by atoms with E-state index in [-0.39, 0.29) is 30.7 Å². The number of fused-ring (bicyclic) bond motifs is 1. The van der Waals surface area contributed by atoms with Gasteiger partial charge in [-0.15, -0.1) is 0 Å². The van der Waals surface area contributed by atoms with Crippen molar-refractivity contribution >= 4 is 0 Å². The molecule has 5 nitrogen and oxygen atoms in total. The molecule has 82 valence electrons. The van der Waals surface area contributed by atoms with Crippen LogP contribution in [0.1, 0.15) is 0 Å². The van der Waals surface area contributed by atoms with Gasteiger partial charge in [0, 0.05) is 21.3 Å². The van der Waals surface area contributed by atoms with E-state index in [2.05, 4.69) is 0 Å². The Morgan fingerprint density at radius 2 is 1.79 bits per heavy atom. The van der Waals surface area contributed by atoms with Gasteiger partial charge in [0.25, 0.3) is 0 Å². The summed E-state index contributed by atoms with van der Waals surface area (Å²) in [6.45, 7) is 0.558. The Kier molecular flexibility index (Phi) is 3.04. The van der Waals surface area contributed by atoms with E-state index in [4.69, 9.17) is 23.7 Å². The number of rotatable bonds is 3. The Bertz CT molecular complexity index is 198. The van der Waals surface area contributed by atoms with Gasteiger partial charge in [-0.2, -0.15) is 0 Å². The van der Waals surface area contributed by atoms with Crippen molar-refractivity contribution in [3.05, 3.63) is 0 Å². The fourth-order valence-corrected chi connectivity index (χ4v) is 2.08. The van der Waals surface area contributed by atoms with E-state index in [9.17, 15) is 0 Å². The molecule has 0 aliphatic carbocycles. The first-order valence-electron chi connectivity index (χ1n) is 4.67. The lowest BCUT2D eigenvalue weighted by molar-refractivity contribution is -0.176. The third-order valence-corrected chi connectivity index (χ3v) is 2.83. The lowest BCUT2D eigenvalue weighted by Gasteiger charge is -2.19. The number of methoxy groups -OCH3 is 3. The van der Waals surface area contributed by atoms with Crippen LogP contribution in [0.2, 0.25) is 0 Å². The van der Waals surface area contributed by atoms with Crippen molar-refractivity contribution in [2.24, 2.45) is 0 Å². The Balaban J connectivity index is 2.07. The van der Waals surface area contributed by atoms with Gasteiger partial charge < -0.3 is 23.7 Å². The lowest BCUT2D eigenvalue weighted by Crippen LogP contribution is -2.35. The molecular weight excluding hydrogens is 188 g/mol. The highest BCUT2D eigenvalue weighted by molar-refractivity contribution is 4.97.